The summed E-state index contributed by atoms with van der Waals surface area (Å²) in [6.07, 6.45) is 0.0645. The molecule has 90 valence electrons. The van der Waals surface area contributed by atoms with Crippen molar-refractivity contribution in [3.8, 4) is 0 Å². The van der Waals surface area contributed by atoms with Gasteiger partial charge in [0.25, 0.3) is 0 Å². The number of aliphatic carboxylic acids is 1. The molecule has 0 aliphatic carbocycles. The van der Waals surface area contributed by atoms with Crippen LogP contribution in [-0.4, -0.2) is 18.9 Å². The van der Waals surface area contributed by atoms with E-state index in [1.54, 1.807) is 11.8 Å². The minimum atomic E-state index is -0.799. The van der Waals surface area contributed by atoms with Gasteiger partial charge in [-0.1, -0.05) is 47.6 Å². The number of carboxylic acids is 1. The van der Waals surface area contributed by atoms with Gasteiger partial charge in [-0.15, -0.1) is 0 Å². The molecule has 0 saturated heterocycles. The van der Waals surface area contributed by atoms with E-state index < -0.39 is 5.97 Å². The Balaban J connectivity index is 2.23. The van der Waals surface area contributed by atoms with Crippen molar-refractivity contribution in [3.63, 3.8) is 0 Å². The molecular formula is C14H13BO2S. The molecule has 0 saturated carbocycles. The van der Waals surface area contributed by atoms with Gasteiger partial charge in [0.15, 0.2) is 0 Å². The van der Waals surface area contributed by atoms with Gasteiger partial charge in [-0.25, -0.2) is 0 Å². The topological polar surface area (TPSA) is 37.3 Å². The van der Waals surface area contributed by atoms with Crippen molar-refractivity contribution in [2.24, 2.45) is 0 Å². The molecule has 0 radical (unpaired) electrons. The van der Waals surface area contributed by atoms with Gasteiger partial charge in [0.05, 0.1) is 6.42 Å². The standard InChI is InChI=1S/C14H13BO2S/c15-11-5-7-12(8-6-11)18-13-4-2-1-3-10(13)9-14(16)17/h1-8H,9,15H2,(H,16,17). The van der Waals surface area contributed by atoms with Gasteiger partial charge in [-0.2, -0.15) is 0 Å². The zero-order valence-electron chi connectivity index (χ0n) is 10.1. The smallest absolute Gasteiger partial charge is 0.307 e. The molecule has 0 amide bonds. The molecular weight excluding hydrogens is 243 g/mol. The van der Waals surface area contributed by atoms with Crippen LogP contribution < -0.4 is 5.46 Å². The SMILES string of the molecule is Bc1ccc(Sc2ccccc2CC(=O)O)cc1. The van der Waals surface area contributed by atoms with Gasteiger partial charge >= 0.3 is 5.97 Å². The van der Waals surface area contributed by atoms with Crippen LogP contribution in [0.15, 0.2) is 58.3 Å². The third kappa shape index (κ3) is 3.41. The van der Waals surface area contributed by atoms with Crippen LogP contribution >= 0.6 is 11.8 Å². The first kappa shape index (κ1) is 12.8. The first-order valence-corrected chi connectivity index (χ1v) is 6.51. The van der Waals surface area contributed by atoms with Crippen molar-refractivity contribution in [2.75, 3.05) is 0 Å². The molecule has 0 aliphatic rings. The Bertz CT molecular complexity index is 552. The van der Waals surface area contributed by atoms with E-state index >= 15 is 0 Å². The Hall–Kier alpha value is -1.68. The van der Waals surface area contributed by atoms with Crippen molar-refractivity contribution < 1.29 is 9.90 Å². The maximum atomic E-state index is 10.8. The second-order valence-electron chi connectivity index (χ2n) is 4.09. The summed E-state index contributed by atoms with van der Waals surface area (Å²) in [6, 6.07) is 15.9. The average molecular weight is 256 g/mol. The summed E-state index contributed by atoms with van der Waals surface area (Å²) in [5.74, 6) is -0.799. The van der Waals surface area contributed by atoms with Gasteiger partial charge in [0.1, 0.15) is 7.85 Å². The molecule has 0 heterocycles. The zero-order valence-corrected chi connectivity index (χ0v) is 10.9. The normalized spacial score (nSPS) is 10.2. The number of rotatable bonds is 4. The highest BCUT2D eigenvalue weighted by Crippen LogP contribution is 2.30. The first-order valence-electron chi connectivity index (χ1n) is 5.69. The van der Waals surface area contributed by atoms with Crippen molar-refractivity contribution in [3.05, 3.63) is 54.1 Å². The van der Waals surface area contributed by atoms with Gasteiger partial charge < -0.3 is 5.11 Å². The van der Waals surface area contributed by atoms with Crippen LogP contribution in [-0.2, 0) is 11.2 Å². The fourth-order valence-corrected chi connectivity index (χ4v) is 2.59. The van der Waals surface area contributed by atoms with Crippen LogP contribution in [0, 0.1) is 0 Å². The highest BCUT2D eigenvalue weighted by atomic mass is 32.2. The Morgan fingerprint density at radius 3 is 2.44 bits per heavy atom. The molecule has 2 nitrogen and oxygen atoms in total. The van der Waals surface area contributed by atoms with E-state index in [4.69, 9.17) is 5.11 Å². The number of hydrogen-bond acceptors (Lipinski definition) is 2. The molecule has 2 aromatic carbocycles. The molecule has 2 rings (SSSR count). The lowest BCUT2D eigenvalue weighted by Gasteiger charge is -2.07. The first-order chi connectivity index (χ1) is 8.65. The fraction of sp³-hybridized carbons (Fsp3) is 0.0714. The third-order valence-electron chi connectivity index (χ3n) is 2.56. The molecule has 0 unspecified atom stereocenters. The number of carboxylic acid groups (broad SMARTS) is 1. The van der Waals surface area contributed by atoms with E-state index in [0.29, 0.717) is 0 Å². The summed E-state index contributed by atoms with van der Waals surface area (Å²) >= 11 is 1.60. The number of hydrogen-bond donors (Lipinski definition) is 1. The van der Waals surface area contributed by atoms with E-state index in [1.807, 2.05) is 32.1 Å². The van der Waals surface area contributed by atoms with E-state index in [-0.39, 0.29) is 6.42 Å². The maximum absolute atomic E-state index is 10.8. The van der Waals surface area contributed by atoms with Gasteiger partial charge in [0.2, 0.25) is 0 Å². The summed E-state index contributed by atoms with van der Waals surface area (Å²) in [4.78, 5) is 12.9. The molecule has 0 spiro atoms. The van der Waals surface area contributed by atoms with Gasteiger partial charge in [-0.3, -0.25) is 4.79 Å². The second-order valence-corrected chi connectivity index (χ2v) is 5.21. The third-order valence-corrected chi connectivity index (χ3v) is 3.69. The lowest BCUT2D eigenvalue weighted by atomic mass is 9.97. The zero-order chi connectivity index (χ0) is 13.0. The van der Waals surface area contributed by atoms with Crippen LogP contribution in [0.2, 0.25) is 0 Å². The summed E-state index contributed by atoms with van der Waals surface area (Å²) in [5.41, 5.74) is 2.08. The molecule has 0 bridgehead atoms. The molecule has 0 aromatic heterocycles. The molecule has 18 heavy (non-hydrogen) atoms. The van der Waals surface area contributed by atoms with Crippen LogP contribution in [0.4, 0.5) is 0 Å². The molecule has 0 fully saturated rings. The Morgan fingerprint density at radius 1 is 1.11 bits per heavy atom. The van der Waals surface area contributed by atoms with Crippen molar-refractivity contribution >= 4 is 31.0 Å². The van der Waals surface area contributed by atoms with Crippen LogP contribution in [0.25, 0.3) is 0 Å². The minimum absolute atomic E-state index is 0.0645. The summed E-state index contributed by atoms with van der Waals surface area (Å²) in [6.45, 7) is 0. The molecule has 4 heteroatoms. The van der Waals surface area contributed by atoms with Gasteiger partial charge in [0, 0.05) is 9.79 Å². The quantitative estimate of drug-likeness (QED) is 0.846. The fourth-order valence-electron chi connectivity index (χ4n) is 1.65. The van der Waals surface area contributed by atoms with Crippen LogP contribution in [0.5, 0.6) is 0 Å². The number of carbonyl (C=O) groups is 1. The maximum Gasteiger partial charge on any atom is 0.307 e. The lowest BCUT2D eigenvalue weighted by molar-refractivity contribution is -0.136. The number of benzene rings is 2. The highest BCUT2D eigenvalue weighted by molar-refractivity contribution is 7.99. The van der Waals surface area contributed by atoms with Crippen molar-refractivity contribution in [1.29, 1.82) is 0 Å². The monoisotopic (exact) mass is 256 g/mol. The second kappa shape index (κ2) is 5.78. The molecule has 0 atom stereocenters. The van der Waals surface area contributed by atoms with E-state index in [0.717, 1.165) is 15.4 Å². The van der Waals surface area contributed by atoms with E-state index in [1.165, 1.54) is 5.46 Å². The largest absolute Gasteiger partial charge is 0.481 e. The Kier molecular flexibility index (Phi) is 4.10. The van der Waals surface area contributed by atoms with Crippen LogP contribution in [0.3, 0.4) is 0 Å². The van der Waals surface area contributed by atoms with E-state index in [2.05, 4.69) is 24.3 Å². The van der Waals surface area contributed by atoms with Crippen LogP contribution in [0.1, 0.15) is 5.56 Å². The van der Waals surface area contributed by atoms with Gasteiger partial charge in [-0.05, 0) is 23.8 Å². The summed E-state index contributed by atoms with van der Waals surface area (Å²) in [7, 11) is 2.05. The van der Waals surface area contributed by atoms with Crippen molar-refractivity contribution in [1.82, 2.24) is 0 Å². The highest BCUT2D eigenvalue weighted by Gasteiger charge is 2.07. The molecule has 1 N–H and O–H groups in total. The molecule has 2 aromatic rings. The predicted octanol–water partition coefficient (Wildman–Crippen LogP) is 1.72. The summed E-state index contributed by atoms with van der Waals surface area (Å²) < 4.78 is 0. The lowest BCUT2D eigenvalue weighted by Crippen LogP contribution is -2.01. The van der Waals surface area contributed by atoms with E-state index in [9.17, 15) is 4.79 Å². The van der Waals surface area contributed by atoms with Crippen molar-refractivity contribution in [2.45, 2.75) is 16.2 Å². The summed E-state index contributed by atoms with van der Waals surface area (Å²) in [5, 5.41) is 8.88. The molecule has 0 aliphatic heterocycles. The Morgan fingerprint density at radius 2 is 1.78 bits per heavy atom. The average Bonchev–Trinajstić information content (AvgIpc) is 2.34. The predicted molar refractivity (Wildman–Crippen MR) is 76.5 cm³/mol. The minimum Gasteiger partial charge on any atom is -0.481 e. The Labute approximate surface area is 111 Å².